The monoisotopic (exact) mass is 276 g/mol. The molecule has 0 aliphatic carbocycles. The molecule has 0 aliphatic heterocycles. The number of nitrogens with zero attached hydrogens (tertiary/aromatic N) is 2. The Hall–Kier alpha value is -2.52. The molecule has 0 saturated carbocycles. The summed E-state index contributed by atoms with van der Waals surface area (Å²) in [5.41, 5.74) is 0.538. The Bertz CT molecular complexity index is 645. The van der Waals surface area contributed by atoms with Crippen LogP contribution in [0.1, 0.15) is 17.0 Å². The minimum absolute atomic E-state index is 0.335. The molecule has 0 spiro atoms. The van der Waals surface area contributed by atoms with Crippen LogP contribution in [0.25, 0.3) is 0 Å². The highest BCUT2D eigenvalue weighted by Crippen LogP contribution is 2.32. The first-order valence-corrected chi connectivity index (χ1v) is 6.88. The maximum atomic E-state index is 11.3. The van der Waals surface area contributed by atoms with Crippen molar-refractivity contribution in [3.05, 3.63) is 96.1 Å². The summed E-state index contributed by atoms with van der Waals surface area (Å²) < 4.78 is 0. The second-order valence-corrected chi connectivity index (χ2v) is 4.93. The number of rotatable bonds is 4. The van der Waals surface area contributed by atoms with Gasteiger partial charge in [-0.25, -0.2) is 9.97 Å². The molecule has 0 aliphatic rings. The number of benzene rings is 2. The second-order valence-electron chi connectivity index (χ2n) is 4.93. The van der Waals surface area contributed by atoms with Crippen molar-refractivity contribution >= 4 is 0 Å². The van der Waals surface area contributed by atoms with Gasteiger partial charge in [-0.2, -0.15) is 0 Å². The van der Waals surface area contributed by atoms with Crippen molar-refractivity contribution in [2.45, 2.75) is 12.0 Å². The molecule has 0 saturated heterocycles. The lowest BCUT2D eigenvalue weighted by Gasteiger charge is -2.28. The van der Waals surface area contributed by atoms with Crippen LogP contribution in [0.4, 0.5) is 0 Å². The van der Waals surface area contributed by atoms with E-state index in [-0.39, 0.29) is 0 Å². The minimum Gasteiger partial charge on any atom is -0.380 e. The van der Waals surface area contributed by atoms with Crippen LogP contribution in [0.5, 0.6) is 0 Å². The van der Waals surface area contributed by atoms with Gasteiger partial charge < -0.3 is 5.11 Å². The Morgan fingerprint density at radius 2 is 1.19 bits per heavy atom. The molecule has 1 heterocycles. The van der Waals surface area contributed by atoms with Crippen molar-refractivity contribution < 1.29 is 5.11 Å². The summed E-state index contributed by atoms with van der Waals surface area (Å²) in [6, 6.07) is 21.1. The Morgan fingerprint density at radius 1 is 0.714 bits per heavy atom. The molecule has 2 aromatic carbocycles. The molecule has 3 aromatic rings. The standard InChI is InChI=1S/C18H16N2O/c21-18(15-8-3-1-4-9-15,16-10-5-2-6-11-16)14-17-19-12-7-13-20-17/h1-13,21H,14H2. The van der Waals surface area contributed by atoms with Gasteiger partial charge in [0.05, 0.1) is 0 Å². The molecule has 0 amide bonds. The number of hydrogen-bond donors (Lipinski definition) is 1. The lowest BCUT2D eigenvalue weighted by molar-refractivity contribution is 0.0788. The van der Waals surface area contributed by atoms with E-state index in [1.54, 1.807) is 18.5 Å². The van der Waals surface area contributed by atoms with E-state index >= 15 is 0 Å². The number of aliphatic hydroxyl groups is 1. The van der Waals surface area contributed by atoms with Gasteiger partial charge in [0.15, 0.2) is 0 Å². The highest BCUT2D eigenvalue weighted by molar-refractivity contribution is 5.36. The average molecular weight is 276 g/mol. The van der Waals surface area contributed by atoms with Gasteiger partial charge in [0.2, 0.25) is 0 Å². The zero-order valence-electron chi connectivity index (χ0n) is 11.6. The van der Waals surface area contributed by atoms with E-state index in [4.69, 9.17) is 0 Å². The van der Waals surface area contributed by atoms with Crippen molar-refractivity contribution in [2.75, 3.05) is 0 Å². The maximum Gasteiger partial charge on any atom is 0.131 e. The van der Waals surface area contributed by atoms with E-state index in [9.17, 15) is 5.11 Å². The van der Waals surface area contributed by atoms with Crippen LogP contribution in [0.3, 0.4) is 0 Å². The molecule has 0 radical (unpaired) electrons. The van der Waals surface area contributed by atoms with E-state index in [2.05, 4.69) is 9.97 Å². The summed E-state index contributed by atoms with van der Waals surface area (Å²) in [6.45, 7) is 0. The fourth-order valence-electron chi connectivity index (χ4n) is 2.45. The Kier molecular flexibility index (Phi) is 3.75. The van der Waals surface area contributed by atoms with Crippen LogP contribution in [0.15, 0.2) is 79.1 Å². The highest BCUT2D eigenvalue weighted by atomic mass is 16.3. The van der Waals surface area contributed by atoms with Crippen molar-refractivity contribution in [3.63, 3.8) is 0 Å². The number of aromatic nitrogens is 2. The van der Waals surface area contributed by atoms with Gasteiger partial charge in [0.1, 0.15) is 11.4 Å². The summed E-state index contributed by atoms with van der Waals surface area (Å²) in [6.07, 6.45) is 3.72. The molecule has 3 nitrogen and oxygen atoms in total. The zero-order valence-corrected chi connectivity index (χ0v) is 11.6. The molecule has 0 bridgehead atoms. The molecule has 0 atom stereocenters. The SMILES string of the molecule is OC(Cc1ncccn1)(c1ccccc1)c1ccccc1. The lowest BCUT2D eigenvalue weighted by atomic mass is 9.83. The third-order valence-corrected chi connectivity index (χ3v) is 3.54. The van der Waals surface area contributed by atoms with Crippen LogP contribution >= 0.6 is 0 Å². The van der Waals surface area contributed by atoms with Gasteiger partial charge in [-0.15, -0.1) is 0 Å². The van der Waals surface area contributed by atoms with Crippen LogP contribution in [0.2, 0.25) is 0 Å². The quantitative estimate of drug-likeness (QED) is 0.797. The van der Waals surface area contributed by atoms with E-state index < -0.39 is 5.60 Å². The summed E-state index contributed by atoms with van der Waals surface area (Å²) in [5, 5.41) is 11.3. The van der Waals surface area contributed by atoms with Gasteiger partial charge >= 0.3 is 0 Å². The van der Waals surface area contributed by atoms with Gasteiger partial charge in [0, 0.05) is 18.8 Å². The van der Waals surface area contributed by atoms with E-state index in [1.165, 1.54) is 0 Å². The first-order chi connectivity index (χ1) is 10.3. The summed E-state index contributed by atoms with van der Waals surface area (Å²) in [7, 11) is 0. The summed E-state index contributed by atoms with van der Waals surface area (Å²) in [5.74, 6) is 0.618. The number of hydrogen-bond acceptors (Lipinski definition) is 3. The van der Waals surface area contributed by atoms with Gasteiger partial charge in [0.25, 0.3) is 0 Å². The predicted octanol–water partition coefficient (Wildman–Crippen LogP) is 2.96. The largest absolute Gasteiger partial charge is 0.380 e. The van der Waals surface area contributed by atoms with Gasteiger partial charge in [-0.3, -0.25) is 0 Å². The van der Waals surface area contributed by atoms with Crippen molar-refractivity contribution in [1.29, 1.82) is 0 Å². The molecule has 3 heteroatoms. The van der Waals surface area contributed by atoms with Crippen LogP contribution < -0.4 is 0 Å². The third-order valence-electron chi connectivity index (χ3n) is 3.54. The maximum absolute atomic E-state index is 11.3. The first kappa shape index (κ1) is 13.5. The first-order valence-electron chi connectivity index (χ1n) is 6.88. The summed E-state index contributed by atoms with van der Waals surface area (Å²) in [4.78, 5) is 8.49. The van der Waals surface area contributed by atoms with Crippen molar-refractivity contribution in [1.82, 2.24) is 9.97 Å². The van der Waals surface area contributed by atoms with Crippen molar-refractivity contribution in [3.8, 4) is 0 Å². The molecule has 1 aromatic heterocycles. The third kappa shape index (κ3) is 2.83. The molecule has 104 valence electrons. The molecule has 21 heavy (non-hydrogen) atoms. The van der Waals surface area contributed by atoms with Crippen LogP contribution in [-0.2, 0) is 12.0 Å². The Labute approximate surface area is 124 Å². The fraction of sp³-hybridized carbons (Fsp3) is 0.111. The Balaban J connectivity index is 2.07. The minimum atomic E-state index is -1.14. The van der Waals surface area contributed by atoms with E-state index in [1.807, 2.05) is 60.7 Å². The molecular weight excluding hydrogens is 260 g/mol. The smallest absolute Gasteiger partial charge is 0.131 e. The average Bonchev–Trinajstić information content (AvgIpc) is 2.57. The Morgan fingerprint density at radius 3 is 1.67 bits per heavy atom. The van der Waals surface area contributed by atoms with E-state index in [0.717, 1.165) is 11.1 Å². The van der Waals surface area contributed by atoms with Crippen LogP contribution in [0, 0.1) is 0 Å². The second kappa shape index (κ2) is 5.85. The highest BCUT2D eigenvalue weighted by Gasteiger charge is 2.32. The lowest BCUT2D eigenvalue weighted by Crippen LogP contribution is -2.30. The predicted molar refractivity (Wildman–Crippen MR) is 81.6 cm³/mol. The molecular formula is C18H16N2O. The molecule has 0 unspecified atom stereocenters. The zero-order chi connectivity index (χ0) is 14.5. The molecule has 1 N–H and O–H groups in total. The van der Waals surface area contributed by atoms with Gasteiger partial charge in [-0.05, 0) is 17.2 Å². The normalized spacial score (nSPS) is 11.3. The van der Waals surface area contributed by atoms with E-state index in [0.29, 0.717) is 12.2 Å². The fourth-order valence-corrected chi connectivity index (χ4v) is 2.45. The summed E-state index contributed by atoms with van der Waals surface area (Å²) >= 11 is 0. The van der Waals surface area contributed by atoms with Gasteiger partial charge in [-0.1, -0.05) is 60.7 Å². The molecule has 3 rings (SSSR count). The molecule has 0 fully saturated rings. The van der Waals surface area contributed by atoms with Crippen molar-refractivity contribution in [2.24, 2.45) is 0 Å². The van der Waals surface area contributed by atoms with Crippen LogP contribution in [-0.4, -0.2) is 15.1 Å². The topological polar surface area (TPSA) is 46.0 Å².